The predicted octanol–water partition coefficient (Wildman–Crippen LogP) is 8.69. The molecule has 0 aliphatic carbocycles. The molecule has 42 heavy (non-hydrogen) atoms. The molecule has 0 fully saturated rings. The number of methoxy groups -OCH3 is 1. The zero-order valence-electron chi connectivity index (χ0n) is 24.1. The quantitative estimate of drug-likeness (QED) is 0.159. The minimum absolute atomic E-state index is 0.203. The summed E-state index contributed by atoms with van der Waals surface area (Å²) in [5.74, 6) is 1.99. The molecule has 0 aliphatic heterocycles. The third-order valence-electron chi connectivity index (χ3n) is 7.00. The van der Waals surface area contributed by atoms with Crippen molar-refractivity contribution in [1.29, 1.82) is 0 Å². The smallest absolute Gasteiger partial charge is 0.282 e. The fraction of sp³-hybridized carbons (Fsp3) is 0.206. The van der Waals surface area contributed by atoms with Gasteiger partial charge in [-0.15, -0.1) is 0 Å². The third kappa shape index (κ3) is 6.13. The molecular weight excluding hydrogens is 614 g/mol. The van der Waals surface area contributed by atoms with Gasteiger partial charge in [0.2, 0.25) is 0 Å². The van der Waals surface area contributed by atoms with Crippen molar-refractivity contribution >= 4 is 44.6 Å². The zero-order chi connectivity index (χ0) is 30.0. The average Bonchev–Trinajstić information content (AvgIpc) is 2.96. The van der Waals surface area contributed by atoms with Crippen LogP contribution >= 0.6 is 27.5 Å². The van der Waals surface area contributed by atoms with Crippen LogP contribution in [0.5, 0.6) is 11.5 Å². The molecule has 1 aromatic heterocycles. The van der Waals surface area contributed by atoms with Crippen molar-refractivity contribution in [3.05, 3.63) is 120 Å². The number of nitrogens with zero attached hydrogens (tertiary/aromatic N) is 3. The Balaban J connectivity index is 1.57. The number of aryl methyl sites for hydroxylation is 2. The van der Waals surface area contributed by atoms with E-state index in [9.17, 15) is 4.79 Å². The lowest BCUT2D eigenvalue weighted by Gasteiger charge is -2.17. The van der Waals surface area contributed by atoms with E-state index in [1.807, 2.05) is 68.4 Å². The second kappa shape index (κ2) is 12.5. The number of benzene rings is 4. The molecule has 0 N–H and O–H groups in total. The molecule has 0 spiro atoms. The average molecular weight is 645 g/mol. The number of aromatic nitrogens is 2. The van der Waals surface area contributed by atoms with Crippen molar-refractivity contribution in [2.24, 2.45) is 5.10 Å². The Bertz CT molecular complexity index is 1860. The lowest BCUT2D eigenvalue weighted by Crippen LogP contribution is -2.20. The molecule has 214 valence electrons. The summed E-state index contributed by atoms with van der Waals surface area (Å²) in [6.45, 7) is 8.61. The molecule has 0 bridgehead atoms. The minimum atomic E-state index is -0.267. The number of ether oxygens (including phenoxy) is 2. The van der Waals surface area contributed by atoms with Crippen LogP contribution in [-0.4, -0.2) is 23.0 Å². The number of halogens is 2. The van der Waals surface area contributed by atoms with E-state index in [1.165, 1.54) is 4.68 Å². The van der Waals surface area contributed by atoms with E-state index in [4.69, 9.17) is 26.1 Å². The van der Waals surface area contributed by atoms with Gasteiger partial charge in [0.15, 0.2) is 11.6 Å². The van der Waals surface area contributed by atoms with Crippen molar-refractivity contribution in [3.63, 3.8) is 0 Å². The standard InChI is InChI=1S/C34H31BrClN3O3/c1-20(2)26-17-27(22(4)14-31(26)41-5)33-38-30-12-7-6-11-25(30)34(40)39(33)37-18-24-15-28(35)32(29(36)16-24)42-19-23-10-8-9-21(3)13-23/h6-18,20H,19H2,1-5H3. The van der Waals surface area contributed by atoms with Crippen LogP contribution in [0.25, 0.3) is 22.3 Å². The molecule has 0 unspecified atom stereocenters. The zero-order valence-corrected chi connectivity index (χ0v) is 26.5. The van der Waals surface area contributed by atoms with Gasteiger partial charge >= 0.3 is 0 Å². The molecule has 0 atom stereocenters. The van der Waals surface area contributed by atoms with Crippen LogP contribution < -0.4 is 15.0 Å². The van der Waals surface area contributed by atoms with E-state index in [1.54, 1.807) is 25.5 Å². The van der Waals surface area contributed by atoms with E-state index >= 15 is 0 Å². The van der Waals surface area contributed by atoms with E-state index < -0.39 is 0 Å². The highest BCUT2D eigenvalue weighted by atomic mass is 79.9. The van der Waals surface area contributed by atoms with E-state index in [-0.39, 0.29) is 11.5 Å². The molecule has 6 nitrogen and oxygen atoms in total. The van der Waals surface area contributed by atoms with E-state index in [2.05, 4.69) is 40.9 Å². The monoisotopic (exact) mass is 643 g/mol. The van der Waals surface area contributed by atoms with Gasteiger partial charge in [-0.1, -0.05) is 67.4 Å². The van der Waals surface area contributed by atoms with Crippen LogP contribution in [0.2, 0.25) is 5.02 Å². The Kier molecular flexibility index (Phi) is 8.80. The number of fused-ring (bicyclic) bond motifs is 1. The Labute approximate surface area is 258 Å². The fourth-order valence-electron chi connectivity index (χ4n) is 4.85. The molecule has 0 saturated carbocycles. The molecule has 4 aromatic carbocycles. The number of hydrogen-bond acceptors (Lipinski definition) is 5. The van der Waals surface area contributed by atoms with Gasteiger partial charge < -0.3 is 9.47 Å². The lowest BCUT2D eigenvalue weighted by atomic mass is 9.96. The third-order valence-corrected chi connectivity index (χ3v) is 7.87. The van der Waals surface area contributed by atoms with E-state index in [0.29, 0.717) is 44.1 Å². The van der Waals surface area contributed by atoms with Gasteiger partial charge in [0, 0.05) is 5.56 Å². The first kappa shape index (κ1) is 29.5. The molecule has 0 radical (unpaired) electrons. The van der Waals surface area contributed by atoms with Gasteiger partial charge in [-0.05, 0) is 94.3 Å². The summed E-state index contributed by atoms with van der Waals surface area (Å²) in [4.78, 5) is 18.7. The van der Waals surface area contributed by atoms with Crippen molar-refractivity contribution in [1.82, 2.24) is 9.66 Å². The number of hydrogen-bond donors (Lipinski definition) is 0. The van der Waals surface area contributed by atoms with Crippen molar-refractivity contribution < 1.29 is 9.47 Å². The first-order valence-electron chi connectivity index (χ1n) is 13.6. The maximum atomic E-state index is 13.8. The molecule has 5 aromatic rings. The maximum absolute atomic E-state index is 13.8. The van der Waals surface area contributed by atoms with Gasteiger partial charge in [0.1, 0.15) is 12.4 Å². The summed E-state index contributed by atoms with van der Waals surface area (Å²) >= 11 is 10.2. The van der Waals surface area contributed by atoms with Crippen molar-refractivity contribution in [3.8, 4) is 22.9 Å². The normalized spacial score (nSPS) is 11.5. The first-order valence-corrected chi connectivity index (χ1v) is 14.8. The molecule has 0 saturated heterocycles. The van der Waals surface area contributed by atoms with Crippen LogP contribution in [0.15, 0.2) is 87.2 Å². The highest BCUT2D eigenvalue weighted by molar-refractivity contribution is 9.10. The predicted molar refractivity (Wildman–Crippen MR) is 174 cm³/mol. The summed E-state index contributed by atoms with van der Waals surface area (Å²) in [6, 6.07) is 23.0. The Morgan fingerprint density at radius 1 is 1.05 bits per heavy atom. The summed E-state index contributed by atoms with van der Waals surface area (Å²) in [6.07, 6.45) is 1.60. The van der Waals surface area contributed by atoms with Crippen LogP contribution in [-0.2, 0) is 6.61 Å². The number of rotatable bonds is 8. The molecule has 0 aliphatic rings. The number of para-hydroxylation sites is 1. The summed E-state index contributed by atoms with van der Waals surface area (Å²) < 4.78 is 13.7. The highest BCUT2D eigenvalue weighted by Crippen LogP contribution is 2.36. The van der Waals surface area contributed by atoms with Gasteiger partial charge in [-0.3, -0.25) is 4.79 Å². The maximum Gasteiger partial charge on any atom is 0.282 e. The van der Waals surface area contributed by atoms with Gasteiger partial charge in [-0.2, -0.15) is 9.78 Å². The second-order valence-electron chi connectivity index (χ2n) is 10.5. The summed E-state index contributed by atoms with van der Waals surface area (Å²) in [7, 11) is 1.66. The van der Waals surface area contributed by atoms with Gasteiger partial charge in [-0.25, -0.2) is 4.98 Å². The first-order chi connectivity index (χ1) is 20.2. The van der Waals surface area contributed by atoms with Gasteiger partial charge in [0.05, 0.1) is 33.7 Å². The van der Waals surface area contributed by atoms with Crippen LogP contribution in [0.3, 0.4) is 0 Å². The molecule has 5 rings (SSSR count). The topological polar surface area (TPSA) is 65.7 Å². The van der Waals surface area contributed by atoms with Crippen molar-refractivity contribution in [2.75, 3.05) is 7.11 Å². The molecular formula is C34H31BrClN3O3. The minimum Gasteiger partial charge on any atom is -0.496 e. The van der Waals surface area contributed by atoms with Crippen LogP contribution in [0.4, 0.5) is 0 Å². The van der Waals surface area contributed by atoms with E-state index in [0.717, 1.165) is 33.6 Å². The lowest BCUT2D eigenvalue weighted by molar-refractivity contribution is 0.304. The molecule has 8 heteroatoms. The molecule has 1 heterocycles. The van der Waals surface area contributed by atoms with Crippen LogP contribution in [0, 0.1) is 13.8 Å². The summed E-state index contributed by atoms with van der Waals surface area (Å²) in [5, 5.41) is 5.55. The van der Waals surface area contributed by atoms with Gasteiger partial charge in [0.25, 0.3) is 5.56 Å². The Hall–Kier alpha value is -3.94. The highest BCUT2D eigenvalue weighted by Gasteiger charge is 2.18. The summed E-state index contributed by atoms with van der Waals surface area (Å²) in [5.41, 5.74) is 5.98. The SMILES string of the molecule is COc1cc(C)c(-c2nc3ccccc3c(=O)n2N=Cc2cc(Cl)c(OCc3cccc(C)c3)c(Br)c2)cc1C(C)C. The fourth-order valence-corrected chi connectivity index (χ4v) is 5.83. The largest absolute Gasteiger partial charge is 0.496 e. The molecule has 0 amide bonds. The Morgan fingerprint density at radius 3 is 2.55 bits per heavy atom. The van der Waals surface area contributed by atoms with Crippen molar-refractivity contribution in [2.45, 2.75) is 40.2 Å². The van der Waals surface area contributed by atoms with Crippen LogP contribution in [0.1, 0.15) is 47.6 Å². The second-order valence-corrected chi connectivity index (χ2v) is 11.7. The Morgan fingerprint density at radius 2 is 1.83 bits per heavy atom.